The normalized spacial score (nSPS) is 10.7. The fourth-order valence-corrected chi connectivity index (χ4v) is 3.13. The van der Waals surface area contributed by atoms with Gasteiger partial charge in [0.05, 0.1) is 11.3 Å². The molecule has 4 rings (SSSR count). The number of carbonyl (C=O) groups excluding carboxylic acids is 1. The smallest absolute Gasteiger partial charge is 0.241 e. The Morgan fingerprint density at radius 1 is 1.07 bits per heavy atom. The van der Waals surface area contributed by atoms with E-state index in [4.69, 9.17) is 4.52 Å². The topological polar surface area (TPSA) is 80.9 Å². The van der Waals surface area contributed by atoms with Crippen molar-refractivity contribution >= 4 is 11.8 Å². The van der Waals surface area contributed by atoms with Gasteiger partial charge in [-0.05, 0) is 31.0 Å². The van der Waals surface area contributed by atoms with Gasteiger partial charge >= 0.3 is 0 Å². The van der Waals surface area contributed by atoms with E-state index in [9.17, 15) is 4.79 Å². The first kappa shape index (κ1) is 18.6. The second kappa shape index (κ2) is 8.48. The average Bonchev–Trinajstić information content (AvgIpc) is 3.17. The summed E-state index contributed by atoms with van der Waals surface area (Å²) < 4.78 is 5.52. The Hall–Kier alpha value is -3.80. The molecule has 6 heteroatoms. The molecule has 6 nitrogen and oxygen atoms in total. The van der Waals surface area contributed by atoms with Crippen LogP contribution in [-0.2, 0) is 11.2 Å². The number of benzene rings is 2. The summed E-state index contributed by atoms with van der Waals surface area (Å²) in [5.74, 6) is 0.148. The maximum absolute atomic E-state index is 12.5. The minimum absolute atomic E-state index is 0.142. The second-order valence-electron chi connectivity index (χ2n) is 6.73. The van der Waals surface area contributed by atoms with Gasteiger partial charge in [-0.25, -0.2) is 9.97 Å². The molecule has 0 saturated carbocycles. The van der Waals surface area contributed by atoms with Gasteiger partial charge in [-0.15, -0.1) is 0 Å². The molecule has 0 aliphatic heterocycles. The fraction of sp³-hybridized carbons (Fsp3) is 0.130. The van der Waals surface area contributed by atoms with E-state index in [1.54, 1.807) is 12.3 Å². The van der Waals surface area contributed by atoms with Crippen LogP contribution in [0.25, 0.3) is 22.5 Å². The first-order valence-electron chi connectivity index (χ1n) is 9.37. The van der Waals surface area contributed by atoms with Crippen LogP contribution < -0.4 is 5.32 Å². The molecule has 0 saturated heterocycles. The van der Waals surface area contributed by atoms with E-state index in [2.05, 4.69) is 20.4 Å². The van der Waals surface area contributed by atoms with Crippen molar-refractivity contribution in [1.29, 1.82) is 0 Å². The molecule has 4 aromatic rings. The first-order chi connectivity index (χ1) is 14.2. The van der Waals surface area contributed by atoms with E-state index in [1.165, 1.54) is 6.33 Å². The molecule has 0 radical (unpaired) electrons. The zero-order chi connectivity index (χ0) is 20.1. The molecule has 0 spiro atoms. The summed E-state index contributed by atoms with van der Waals surface area (Å²) in [6, 6.07) is 19.6. The van der Waals surface area contributed by atoms with E-state index >= 15 is 0 Å². The Balaban J connectivity index is 1.62. The van der Waals surface area contributed by atoms with Crippen molar-refractivity contribution in [1.82, 2.24) is 15.1 Å². The second-order valence-corrected chi connectivity index (χ2v) is 6.73. The number of hydrogen-bond donors (Lipinski definition) is 1. The molecule has 1 amide bonds. The highest BCUT2D eigenvalue weighted by molar-refractivity contribution is 5.96. The van der Waals surface area contributed by atoms with Crippen LogP contribution in [0.3, 0.4) is 0 Å². The Kier molecular flexibility index (Phi) is 5.42. The van der Waals surface area contributed by atoms with Crippen LogP contribution in [0.15, 0.2) is 77.7 Å². The number of rotatable bonds is 6. The molecule has 1 N–H and O–H groups in total. The predicted molar refractivity (Wildman–Crippen MR) is 111 cm³/mol. The molecule has 0 atom stereocenters. The summed E-state index contributed by atoms with van der Waals surface area (Å²) in [5.41, 5.74) is 5.02. The molecule has 29 heavy (non-hydrogen) atoms. The Labute approximate surface area is 168 Å². The van der Waals surface area contributed by atoms with Crippen molar-refractivity contribution < 1.29 is 9.32 Å². The molecule has 144 valence electrons. The van der Waals surface area contributed by atoms with Crippen molar-refractivity contribution in [3.63, 3.8) is 0 Å². The van der Waals surface area contributed by atoms with Crippen molar-refractivity contribution in [3.05, 3.63) is 84.3 Å². The van der Waals surface area contributed by atoms with Crippen LogP contribution in [-0.4, -0.2) is 21.0 Å². The standard InChI is InChI=1S/C23H20N4O2/c1-16-6-5-9-18(14-16)22-21(19-12-13-24-15-25-19)23(29-27-22)26-20(28)11-10-17-7-3-2-4-8-17/h2-9,12-15H,10-11H2,1H3,(H,26,28). The van der Waals surface area contributed by atoms with E-state index < -0.39 is 0 Å². The average molecular weight is 384 g/mol. The zero-order valence-corrected chi connectivity index (χ0v) is 16.0. The lowest BCUT2D eigenvalue weighted by Crippen LogP contribution is -2.12. The Morgan fingerprint density at radius 3 is 2.69 bits per heavy atom. The van der Waals surface area contributed by atoms with Gasteiger partial charge in [0, 0.05) is 18.2 Å². The SMILES string of the molecule is Cc1cccc(-c2noc(NC(=O)CCc3ccccc3)c2-c2ccncn2)c1. The van der Waals surface area contributed by atoms with Crippen molar-refractivity contribution in [2.24, 2.45) is 0 Å². The monoisotopic (exact) mass is 384 g/mol. The molecule has 0 fully saturated rings. The summed E-state index contributed by atoms with van der Waals surface area (Å²) >= 11 is 0. The number of nitrogens with zero attached hydrogens (tertiary/aromatic N) is 3. The molecule has 0 bridgehead atoms. The van der Waals surface area contributed by atoms with Gasteiger partial charge in [0.2, 0.25) is 11.8 Å². The molecule has 2 aromatic heterocycles. The third kappa shape index (κ3) is 4.38. The van der Waals surface area contributed by atoms with Gasteiger partial charge < -0.3 is 4.52 Å². The van der Waals surface area contributed by atoms with Crippen LogP contribution >= 0.6 is 0 Å². The van der Waals surface area contributed by atoms with Crippen LogP contribution in [0.5, 0.6) is 0 Å². The van der Waals surface area contributed by atoms with E-state index in [0.717, 1.165) is 16.7 Å². The Morgan fingerprint density at radius 2 is 1.93 bits per heavy atom. The van der Waals surface area contributed by atoms with Gasteiger partial charge in [-0.2, -0.15) is 0 Å². The van der Waals surface area contributed by atoms with Gasteiger partial charge in [0.15, 0.2) is 0 Å². The van der Waals surface area contributed by atoms with Gasteiger partial charge in [0.25, 0.3) is 0 Å². The maximum Gasteiger partial charge on any atom is 0.241 e. The highest BCUT2D eigenvalue weighted by Gasteiger charge is 2.22. The number of aryl methyl sites for hydroxylation is 2. The highest BCUT2D eigenvalue weighted by Crippen LogP contribution is 2.36. The van der Waals surface area contributed by atoms with E-state index in [1.807, 2.05) is 61.5 Å². The zero-order valence-electron chi connectivity index (χ0n) is 16.0. The summed E-state index contributed by atoms with van der Waals surface area (Å²) in [4.78, 5) is 20.8. The summed E-state index contributed by atoms with van der Waals surface area (Å²) in [6.45, 7) is 2.01. The third-order valence-corrected chi connectivity index (χ3v) is 4.56. The van der Waals surface area contributed by atoms with Gasteiger partial charge in [-0.1, -0.05) is 59.3 Å². The maximum atomic E-state index is 12.5. The van der Waals surface area contributed by atoms with Crippen molar-refractivity contribution in [2.45, 2.75) is 19.8 Å². The summed E-state index contributed by atoms with van der Waals surface area (Å²) in [5, 5.41) is 7.08. The van der Waals surface area contributed by atoms with Crippen molar-refractivity contribution in [2.75, 3.05) is 5.32 Å². The number of aromatic nitrogens is 3. The molecular formula is C23H20N4O2. The lowest BCUT2D eigenvalue weighted by Gasteiger charge is -2.06. The van der Waals surface area contributed by atoms with Crippen molar-refractivity contribution in [3.8, 4) is 22.5 Å². The summed E-state index contributed by atoms with van der Waals surface area (Å²) in [7, 11) is 0. The number of nitrogens with one attached hydrogen (secondary N) is 1. The molecular weight excluding hydrogens is 364 g/mol. The predicted octanol–water partition coefficient (Wildman–Crippen LogP) is 4.68. The van der Waals surface area contributed by atoms with Gasteiger partial charge in [0.1, 0.15) is 12.0 Å². The minimum Gasteiger partial charge on any atom is -0.337 e. The third-order valence-electron chi connectivity index (χ3n) is 4.56. The molecule has 2 heterocycles. The van der Waals surface area contributed by atoms with Crippen LogP contribution in [0, 0.1) is 6.92 Å². The largest absolute Gasteiger partial charge is 0.337 e. The lowest BCUT2D eigenvalue weighted by molar-refractivity contribution is -0.116. The van der Waals surface area contributed by atoms with E-state index in [-0.39, 0.29) is 5.91 Å². The number of anilines is 1. The molecule has 0 unspecified atom stereocenters. The quantitative estimate of drug-likeness (QED) is 0.522. The fourth-order valence-electron chi connectivity index (χ4n) is 3.13. The van der Waals surface area contributed by atoms with Crippen LogP contribution in [0.1, 0.15) is 17.5 Å². The molecule has 2 aromatic carbocycles. The van der Waals surface area contributed by atoms with Crippen LogP contribution in [0.2, 0.25) is 0 Å². The lowest BCUT2D eigenvalue weighted by atomic mass is 10.0. The first-order valence-corrected chi connectivity index (χ1v) is 9.37. The Bertz CT molecular complexity index is 1110. The molecule has 0 aliphatic carbocycles. The van der Waals surface area contributed by atoms with E-state index in [0.29, 0.717) is 35.7 Å². The number of carbonyl (C=O) groups is 1. The molecule has 0 aliphatic rings. The highest BCUT2D eigenvalue weighted by atomic mass is 16.5. The van der Waals surface area contributed by atoms with Gasteiger partial charge in [-0.3, -0.25) is 10.1 Å². The number of hydrogen-bond acceptors (Lipinski definition) is 5. The van der Waals surface area contributed by atoms with Crippen LogP contribution in [0.4, 0.5) is 5.88 Å². The minimum atomic E-state index is -0.142. The summed E-state index contributed by atoms with van der Waals surface area (Å²) in [6.07, 6.45) is 4.10. The number of amides is 1.